The Balaban J connectivity index is 2.38. The highest BCUT2D eigenvalue weighted by molar-refractivity contribution is 5.97. The van der Waals surface area contributed by atoms with Crippen molar-refractivity contribution in [2.24, 2.45) is 22.6 Å². The van der Waals surface area contributed by atoms with E-state index in [9.17, 15) is 4.79 Å². The van der Waals surface area contributed by atoms with Crippen molar-refractivity contribution in [1.29, 1.82) is 0 Å². The van der Waals surface area contributed by atoms with E-state index in [1.807, 2.05) is 31.7 Å². The van der Waals surface area contributed by atoms with Gasteiger partial charge >= 0.3 is 0 Å². The highest BCUT2D eigenvalue weighted by Crippen LogP contribution is 2.33. The minimum absolute atomic E-state index is 0.161. The van der Waals surface area contributed by atoms with Crippen LogP contribution in [-0.4, -0.2) is 48.4 Å². The van der Waals surface area contributed by atoms with E-state index in [1.165, 1.54) is 11.1 Å². The maximum absolute atomic E-state index is 13.8. The molecule has 1 amide bonds. The van der Waals surface area contributed by atoms with Gasteiger partial charge in [-0.05, 0) is 77.5 Å². The van der Waals surface area contributed by atoms with Crippen LogP contribution >= 0.6 is 0 Å². The van der Waals surface area contributed by atoms with E-state index in [0.29, 0.717) is 24.9 Å². The van der Waals surface area contributed by atoms with E-state index in [1.54, 1.807) is 0 Å². The maximum atomic E-state index is 13.8. The summed E-state index contributed by atoms with van der Waals surface area (Å²) < 4.78 is 0. The third-order valence-electron chi connectivity index (χ3n) is 6.58. The average Bonchev–Trinajstić information content (AvgIpc) is 2.75. The van der Waals surface area contributed by atoms with Gasteiger partial charge in [0.25, 0.3) is 0 Å². The number of aliphatic imine (C=N–C) groups is 1. The first-order chi connectivity index (χ1) is 17.2. The lowest BCUT2D eigenvalue weighted by Crippen LogP contribution is -2.46. The Morgan fingerprint density at radius 1 is 1.14 bits per heavy atom. The van der Waals surface area contributed by atoms with Crippen molar-refractivity contribution in [2.75, 3.05) is 36.8 Å². The second-order valence-electron chi connectivity index (χ2n) is 12.3. The van der Waals surface area contributed by atoms with Crippen LogP contribution < -0.4 is 16.4 Å². The number of hydrogen-bond acceptors (Lipinski definition) is 4. The Hall–Kier alpha value is -2.60. The van der Waals surface area contributed by atoms with Crippen molar-refractivity contribution >= 4 is 23.1 Å². The molecule has 0 heterocycles. The molecule has 1 atom stereocenters. The third-order valence-corrected chi connectivity index (χ3v) is 6.58. The Labute approximate surface area is 225 Å². The van der Waals surface area contributed by atoms with Crippen LogP contribution in [0.5, 0.6) is 0 Å². The van der Waals surface area contributed by atoms with Crippen molar-refractivity contribution < 1.29 is 4.79 Å². The number of carbonyl (C=O) groups is 1. The second kappa shape index (κ2) is 12.8. The summed E-state index contributed by atoms with van der Waals surface area (Å²) in [5.41, 5.74) is 10.3. The fourth-order valence-electron chi connectivity index (χ4n) is 5.30. The molecule has 206 valence electrons. The number of nitrogens with two attached hydrogens (primary N) is 1. The molecule has 0 fully saturated rings. The van der Waals surface area contributed by atoms with Crippen molar-refractivity contribution in [3.63, 3.8) is 0 Å². The summed E-state index contributed by atoms with van der Waals surface area (Å²) in [7, 11) is 0. The van der Waals surface area contributed by atoms with Gasteiger partial charge in [0.15, 0.2) is 0 Å². The van der Waals surface area contributed by atoms with Gasteiger partial charge in [0.1, 0.15) is 0 Å². The van der Waals surface area contributed by atoms with Crippen molar-refractivity contribution in [1.82, 2.24) is 4.90 Å². The first kappa shape index (κ1) is 30.6. The highest BCUT2D eigenvalue weighted by Gasteiger charge is 2.35. The summed E-state index contributed by atoms with van der Waals surface area (Å²) in [6, 6.07) is 6.20. The van der Waals surface area contributed by atoms with Crippen LogP contribution in [0.1, 0.15) is 81.2 Å². The van der Waals surface area contributed by atoms with Gasteiger partial charge in [-0.2, -0.15) is 0 Å². The minimum Gasteiger partial charge on any atom is -0.382 e. The van der Waals surface area contributed by atoms with Crippen LogP contribution in [0.4, 0.5) is 11.4 Å². The summed E-state index contributed by atoms with van der Waals surface area (Å²) in [6.07, 6.45) is 5.36. The third kappa shape index (κ3) is 8.74. The zero-order valence-electron chi connectivity index (χ0n) is 25.0. The molecule has 1 aliphatic carbocycles. The van der Waals surface area contributed by atoms with Crippen LogP contribution in [-0.2, 0) is 10.2 Å². The molecule has 0 aliphatic heterocycles. The molecule has 6 heteroatoms. The van der Waals surface area contributed by atoms with Crippen molar-refractivity contribution in [2.45, 2.75) is 86.6 Å². The number of amidine groups is 1. The predicted molar refractivity (Wildman–Crippen MR) is 161 cm³/mol. The highest BCUT2D eigenvalue weighted by atomic mass is 16.2. The minimum atomic E-state index is -0.660. The number of carbonyl (C=O) groups excluding carboxylic acids is 1. The molecule has 37 heavy (non-hydrogen) atoms. The molecule has 0 aromatic heterocycles. The van der Waals surface area contributed by atoms with Gasteiger partial charge in [0, 0.05) is 26.2 Å². The summed E-state index contributed by atoms with van der Waals surface area (Å²) in [5.74, 6) is 1.84. The van der Waals surface area contributed by atoms with E-state index in [0.717, 1.165) is 42.3 Å². The van der Waals surface area contributed by atoms with Crippen molar-refractivity contribution in [3.05, 3.63) is 47.1 Å². The number of benzene rings is 1. The van der Waals surface area contributed by atoms with Crippen LogP contribution in [0.15, 0.2) is 46.5 Å². The number of nitrogens with one attached hydrogen (secondary N) is 2. The van der Waals surface area contributed by atoms with Crippen molar-refractivity contribution in [3.8, 4) is 0 Å². The van der Waals surface area contributed by atoms with Gasteiger partial charge in [-0.1, -0.05) is 57.1 Å². The Morgan fingerprint density at radius 2 is 1.76 bits per heavy atom. The summed E-state index contributed by atoms with van der Waals surface area (Å²) >= 11 is 0. The van der Waals surface area contributed by atoms with E-state index in [-0.39, 0.29) is 11.4 Å². The van der Waals surface area contributed by atoms with E-state index in [2.05, 4.69) is 83.4 Å². The standard InChI is InChI=1S/C31H51N5O/c1-21(2)19-36(20-22(3)4)29(37)30(8,9)26-11-12-27(28(16-26)33-14-13-32)34-25(7)35-31(10)17-23(5)15-24(6)18-31/h11-12,15-17,21-22,33H,13-14,18-20,32H2,1-10H3,(H,34,35). The van der Waals surface area contributed by atoms with Gasteiger partial charge in [-0.3, -0.25) is 9.79 Å². The summed E-state index contributed by atoms with van der Waals surface area (Å²) in [6.45, 7) is 23.8. The smallest absolute Gasteiger partial charge is 0.232 e. The molecule has 1 aromatic carbocycles. The first-order valence-electron chi connectivity index (χ1n) is 13.7. The Morgan fingerprint density at radius 3 is 2.30 bits per heavy atom. The molecule has 2 rings (SSSR count). The second-order valence-corrected chi connectivity index (χ2v) is 12.3. The van der Waals surface area contributed by atoms with E-state index >= 15 is 0 Å². The molecule has 0 bridgehead atoms. The lowest BCUT2D eigenvalue weighted by Gasteiger charge is -2.35. The molecule has 0 saturated carbocycles. The lowest BCUT2D eigenvalue weighted by molar-refractivity contribution is -0.137. The van der Waals surface area contributed by atoms with Crippen LogP contribution in [0.3, 0.4) is 0 Å². The topological polar surface area (TPSA) is 82.8 Å². The monoisotopic (exact) mass is 509 g/mol. The lowest BCUT2D eigenvalue weighted by atomic mass is 9.82. The van der Waals surface area contributed by atoms with E-state index in [4.69, 9.17) is 10.7 Å². The van der Waals surface area contributed by atoms with Gasteiger partial charge in [-0.25, -0.2) is 0 Å². The number of nitrogens with zero attached hydrogens (tertiary/aromatic N) is 2. The first-order valence-corrected chi connectivity index (χ1v) is 13.7. The SMILES string of the molecule is CC1=CC(C)(N=C(C)Nc2ccc(C(C)(C)C(=O)N(CC(C)C)CC(C)C)cc2NCCN)CC(C)=C1. The number of rotatable bonds is 11. The van der Waals surface area contributed by atoms with Crippen LogP contribution in [0, 0.1) is 11.8 Å². The maximum Gasteiger partial charge on any atom is 0.232 e. The normalized spacial score (nSPS) is 18.6. The molecule has 0 radical (unpaired) electrons. The fourth-order valence-corrected chi connectivity index (χ4v) is 5.30. The Bertz CT molecular complexity index is 1020. The average molecular weight is 510 g/mol. The molecular weight excluding hydrogens is 458 g/mol. The number of allylic oxidation sites excluding steroid dienone is 2. The molecule has 0 saturated heterocycles. The summed E-state index contributed by atoms with van der Waals surface area (Å²) in [5, 5.41) is 6.96. The van der Waals surface area contributed by atoms with E-state index < -0.39 is 5.41 Å². The largest absolute Gasteiger partial charge is 0.382 e. The summed E-state index contributed by atoms with van der Waals surface area (Å²) in [4.78, 5) is 20.8. The van der Waals surface area contributed by atoms with Gasteiger partial charge in [0.2, 0.25) is 5.91 Å². The molecule has 1 unspecified atom stereocenters. The molecule has 1 aliphatic rings. The van der Waals surface area contributed by atoms with Crippen LogP contribution in [0.25, 0.3) is 0 Å². The van der Waals surface area contributed by atoms with Gasteiger partial charge in [0.05, 0.1) is 28.2 Å². The molecule has 6 nitrogen and oxygen atoms in total. The zero-order chi connectivity index (χ0) is 28.0. The van der Waals surface area contributed by atoms with Gasteiger partial charge in [-0.15, -0.1) is 0 Å². The fraction of sp³-hybridized carbons (Fsp3) is 0.613. The molecular formula is C31H51N5O. The van der Waals surface area contributed by atoms with Crippen LogP contribution in [0.2, 0.25) is 0 Å². The molecule has 1 aromatic rings. The number of anilines is 2. The quantitative estimate of drug-likeness (QED) is 0.239. The Kier molecular flexibility index (Phi) is 10.6. The predicted octanol–water partition coefficient (Wildman–Crippen LogP) is 6.36. The zero-order valence-corrected chi connectivity index (χ0v) is 25.0. The molecule has 4 N–H and O–H groups in total. The number of hydrogen-bond donors (Lipinski definition) is 3. The number of amides is 1. The van der Waals surface area contributed by atoms with Gasteiger partial charge < -0.3 is 21.3 Å². The molecule has 0 spiro atoms.